The molecule has 0 bridgehead atoms. The van der Waals surface area contributed by atoms with Crippen molar-refractivity contribution in [3.63, 3.8) is 0 Å². The van der Waals surface area contributed by atoms with Crippen LogP contribution in [0.5, 0.6) is 0 Å². The topological polar surface area (TPSA) is 50.4 Å². The molecule has 1 aromatic rings. The van der Waals surface area contributed by atoms with E-state index in [1.807, 2.05) is 30.3 Å². The molecule has 1 aliphatic carbocycles. The molecule has 2 fully saturated rings. The van der Waals surface area contributed by atoms with Gasteiger partial charge in [0.05, 0.1) is 0 Å². The summed E-state index contributed by atoms with van der Waals surface area (Å²) in [7, 11) is 0. The molecule has 1 aliphatic heterocycles. The molecule has 0 unspecified atom stereocenters. The third-order valence-corrected chi connectivity index (χ3v) is 5.76. The molecule has 5 heteroatoms. The Morgan fingerprint density at radius 2 is 1.87 bits per heavy atom. The van der Waals surface area contributed by atoms with Crippen LogP contribution in [0.25, 0.3) is 0 Å². The van der Waals surface area contributed by atoms with Crippen LogP contribution in [0, 0.1) is 5.92 Å². The summed E-state index contributed by atoms with van der Waals surface area (Å²) < 4.78 is 5.25. The molecule has 4 nitrogen and oxygen atoms in total. The average Bonchev–Trinajstić information content (AvgIpc) is 2.57. The lowest BCUT2D eigenvalue weighted by atomic mass is 9.86. The molecule has 0 radical (unpaired) electrons. The normalized spacial score (nSPS) is 24.7. The molecule has 0 aromatic heterocycles. The molecule has 1 saturated heterocycles. The summed E-state index contributed by atoms with van der Waals surface area (Å²) in [6, 6.07) is 10.6. The SMILES string of the molecule is O=C(NC1CC(NCC2CCSCC2)C1)OCc1ccccc1. The van der Waals surface area contributed by atoms with Gasteiger partial charge in [0.1, 0.15) is 6.61 Å². The fourth-order valence-corrected chi connectivity index (χ4v) is 4.32. The van der Waals surface area contributed by atoms with Gasteiger partial charge in [0, 0.05) is 12.1 Å². The molecule has 1 aromatic carbocycles. The third kappa shape index (κ3) is 5.43. The van der Waals surface area contributed by atoms with Crippen LogP contribution in [0.2, 0.25) is 0 Å². The van der Waals surface area contributed by atoms with Gasteiger partial charge in [-0.25, -0.2) is 4.79 Å². The summed E-state index contributed by atoms with van der Waals surface area (Å²) in [4.78, 5) is 11.8. The number of alkyl carbamates (subject to hydrolysis) is 1. The Bertz CT molecular complexity index is 485. The molecule has 2 N–H and O–H groups in total. The average molecular weight is 334 g/mol. The minimum absolute atomic E-state index is 0.262. The Hall–Kier alpha value is -1.20. The maximum absolute atomic E-state index is 11.8. The Labute approximate surface area is 142 Å². The Morgan fingerprint density at radius 1 is 1.13 bits per heavy atom. The number of rotatable bonds is 6. The molecule has 23 heavy (non-hydrogen) atoms. The number of amides is 1. The quantitative estimate of drug-likeness (QED) is 0.839. The van der Waals surface area contributed by atoms with Crippen molar-refractivity contribution in [3.8, 4) is 0 Å². The van der Waals surface area contributed by atoms with Crippen molar-refractivity contribution in [3.05, 3.63) is 35.9 Å². The molecular weight excluding hydrogens is 308 g/mol. The molecular formula is C18H26N2O2S. The monoisotopic (exact) mass is 334 g/mol. The number of thioether (sulfide) groups is 1. The van der Waals surface area contributed by atoms with E-state index in [0.717, 1.165) is 30.9 Å². The van der Waals surface area contributed by atoms with Crippen LogP contribution in [0.4, 0.5) is 4.79 Å². The highest BCUT2D eigenvalue weighted by Crippen LogP contribution is 2.24. The van der Waals surface area contributed by atoms with Gasteiger partial charge in [-0.05, 0) is 55.2 Å². The van der Waals surface area contributed by atoms with Crippen LogP contribution < -0.4 is 10.6 Å². The van der Waals surface area contributed by atoms with E-state index in [2.05, 4.69) is 22.4 Å². The molecule has 1 heterocycles. The lowest BCUT2D eigenvalue weighted by molar-refractivity contribution is 0.125. The van der Waals surface area contributed by atoms with E-state index in [1.54, 1.807) is 0 Å². The molecule has 3 rings (SSSR count). The van der Waals surface area contributed by atoms with E-state index in [1.165, 1.54) is 24.3 Å². The van der Waals surface area contributed by atoms with Crippen LogP contribution in [-0.2, 0) is 11.3 Å². The summed E-state index contributed by atoms with van der Waals surface area (Å²) in [5, 5.41) is 6.60. The van der Waals surface area contributed by atoms with E-state index in [9.17, 15) is 4.79 Å². The van der Waals surface area contributed by atoms with Crippen molar-refractivity contribution in [2.24, 2.45) is 5.92 Å². The maximum atomic E-state index is 11.8. The first kappa shape index (κ1) is 16.7. The smallest absolute Gasteiger partial charge is 0.407 e. The van der Waals surface area contributed by atoms with E-state index in [4.69, 9.17) is 4.74 Å². The minimum Gasteiger partial charge on any atom is -0.445 e. The lowest BCUT2D eigenvalue weighted by Gasteiger charge is -2.37. The van der Waals surface area contributed by atoms with Gasteiger partial charge in [-0.3, -0.25) is 0 Å². The van der Waals surface area contributed by atoms with Crippen LogP contribution in [-0.4, -0.2) is 36.2 Å². The largest absolute Gasteiger partial charge is 0.445 e. The first-order chi connectivity index (χ1) is 11.3. The number of hydrogen-bond acceptors (Lipinski definition) is 4. The van der Waals surface area contributed by atoms with Crippen LogP contribution in [0.15, 0.2) is 30.3 Å². The molecule has 126 valence electrons. The van der Waals surface area contributed by atoms with E-state index in [-0.39, 0.29) is 12.1 Å². The van der Waals surface area contributed by atoms with Gasteiger partial charge in [-0.15, -0.1) is 0 Å². The zero-order valence-corrected chi connectivity index (χ0v) is 14.3. The highest BCUT2D eigenvalue weighted by Gasteiger charge is 2.30. The zero-order valence-electron chi connectivity index (χ0n) is 13.5. The van der Waals surface area contributed by atoms with Crippen molar-refractivity contribution in [1.82, 2.24) is 10.6 Å². The van der Waals surface area contributed by atoms with Crippen molar-refractivity contribution < 1.29 is 9.53 Å². The van der Waals surface area contributed by atoms with Crippen molar-refractivity contribution >= 4 is 17.9 Å². The van der Waals surface area contributed by atoms with Gasteiger partial charge in [-0.2, -0.15) is 11.8 Å². The number of carbonyl (C=O) groups is 1. The number of ether oxygens (including phenoxy) is 1. The van der Waals surface area contributed by atoms with Crippen LogP contribution >= 0.6 is 11.8 Å². The van der Waals surface area contributed by atoms with Gasteiger partial charge in [-0.1, -0.05) is 30.3 Å². The molecule has 0 atom stereocenters. The fraction of sp³-hybridized carbons (Fsp3) is 0.611. The second kappa shape index (κ2) is 8.60. The fourth-order valence-electron chi connectivity index (χ4n) is 3.12. The number of benzene rings is 1. The van der Waals surface area contributed by atoms with E-state index in [0.29, 0.717) is 12.6 Å². The second-order valence-corrected chi connectivity index (χ2v) is 7.76. The van der Waals surface area contributed by atoms with Crippen LogP contribution in [0.1, 0.15) is 31.2 Å². The molecule has 1 saturated carbocycles. The number of nitrogens with one attached hydrogen (secondary N) is 2. The van der Waals surface area contributed by atoms with Crippen LogP contribution in [0.3, 0.4) is 0 Å². The van der Waals surface area contributed by atoms with E-state index < -0.39 is 0 Å². The predicted octanol–water partition coefficient (Wildman–Crippen LogP) is 3.18. The third-order valence-electron chi connectivity index (χ3n) is 4.71. The first-order valence-corrected chi connectivity index (χ1v) is 9.73. The van der Waals surface area contributed by atoms with Crippen molar-refractivity contribution in [2.45, 2.75) is 44.4 Å². The van der Waals surface area contributed by atoms with Gasteiger partial charge in [0.15, 0.2) is 0 Å². The van der Waals surface area contributed by atoms with Crippen molar-refractivity contribution in [2.75, 3.05) is 18.1 Å². The van der Waals surface area contributed by atoms with Gasteiger partial charge < -0.3 is 15.4 Å². The van der Waals surface area contributed by atoms with Gasteiger partial charge in [0.25, 0.3) is 0 Å². The Balaban J connectivity index is 1.25. The summed E-state index contributed by atoms with van der Waals surface area (Å²) in [5.74, 6) is 3.47. The lowest BCUT2D eigenvalue weighted by Crippen LogP contribution is -2.53. The number of carbonyl (C=O) groups excluding carboxylic acids is 1. The Morgan fingerprint density at radius 3 is 2.61 bits per heavy atom. The van der Waals surface area contributed by atoms with Crippen molar-refractivity contribution in [1.29, 1.82) is 0 Å². The molecule has 0 spiro atoms. The highest BCUT2D eigenvalue weighted by atomic mass is 32.2. The minimum atomic E-state index is -0.304. The number of hydrogen-bond donors (Lipinski definition) is 2. The summed E-state index contributed by atoms with van der Waals surface area (Å²) >= 11 is 2.07. The maximum Gasteiger partial charge on any atom is 0.407 e. The zero-order chi connectivity index (χ0) is 15.9. The first-order valence-electron chi connectivity index (χ1n) is 8.58. The van der Waals surface area contributed by atoms with Gasteiger partial charge >= 0.3 is 6.09 Å². The summed E-state index contributed by atoms with van der Waals surface area (Å²) in [6.07, 6.45) is 4.42. The van der Waals surface area contributed by atoms with Gasteiger partial charge in [0.2, 0.25) is 0 Å². The standard InChI is InChI=1S/C18H26N2O2S/c21-18(22-13-15-4-2-1-3-5-15)20-17-10-16(11-17)19-12-14-6-8-23-9-7-14/h1-5,14,16-17,19H,6-13H2,(H,20,21). The predicted molar refractivity (Wildman–Crippen MR) is 94.6 cm³/mol. The molecule has 1 amide bonds. The Kier molecular flexibility index (Phi) is 6.22. The highest BCUT2D eigenvalue weighted by molar-refractivity contribution is 7.99. The molecule has 2 aliphatic rings. The second-order valence-electron chi connectivity index (χ2n) is 6.54. The van der Waals surface area contributed by atoms with E-state index >= 15 is 0 Å². The summed E-state index contributed by atoms with van der Waals surface area (Å²) in [6.45, 7) is 1.47. The summed E-state index contributed by atoms with van der Waals surface area (Å²) in [5.41, 5.74) is 1.02.